The van der Waals surface area contributed by atoms with Gasteiger partial charge >= 0.3 is 5.97 Å². The van der Waals surface area contributed by atoms with E-state index in [1.807, 2.05) is 0 Å². The molecule has 1 N–H and O–H groups in total. The zero-order valence-corrected chi connectivity index (χ0v) is 7.27. The number of hydrogen-bond acceptors (Lipinski definition) is 1. The number of aliphatic carboxylic acids is 1. The molecule has 1 aliphatic carbocycles. The van der Waals surface area contributed by atoms with Crippen LogP contribution in [0, 0.1) is 17.3 Å². The average molecular weight is 178 g/mol. The molecule has 1 saturated carbocycles. The second-order valence-electron chi connectivity index (χ2n) is 4.33. The zero-order valence-electron chi connectivity index (χ0n) is 7.27. The summed E-state index contributed by atoms with van der Waals surface area (Å²) in [6, 6.07) is 0. The molecule has 0 amide bonds. The third kappa shape index (κ3) is 1.19. The lowest BCUT2D eigenvalue weighted by molar-refractivity contribution is -0.141. The Kier molecular flexibility index (Phi) is 1.71. The van der Waals surface area contributed by atoms with Crippen LogP contribution < -0.4 is 0 Å². The van der Waals surface area contributed by atoms with Crippen molar-refractivity contribution in [1.29, 1.82) is 0 Å². The second-order valence-corrected chi connectivity index (χ2v) is 4.33. The summed E-state index contributed by atoms with van der Waals surface area (Å²) in [7, 11) is 0. The van der Waals surface area contributed by atoms with E-state index in [4.69, 9.17) is 5.11 Å². The van der Waals surface area contributed by atoms with Crippen molar-refractivity contribution in [2.45, 2.75) is 26.7 Å². The molecule has 2 unspecified atom stereocenters. The van der Waals surface area contributed by atoms with Gasteiger partial charge < -0.3 is 5.11 Å². The average Bonchev–Trinajstić information content (AvgIpc) is 2.31. The minimum Gasteiger partial charge on any atom is -0.481 e. The van der Waals surface area contributed by atoms with Crippen molar-refractivity contribution in [2.24, 2.45) is 17.3 Å². The van der Waals surface area contributed by atoms with Crippen LogP contribution in [0.4, 0.5) is 8.78 Å². The van der Waals surface area contributed by atoms with Gasteiger partial charge in [0, 0.05) is 5.92 Å². The fraction of sp³-hybridized carbons (Fsp3) is 0.875. The lowest BCUT2D eigenvalue weighted by Gasteiger charge is -2.16. The first kappa shape index (κ1) is 9.42. The summed E-state index contributed by atoms with van der Waals surface area (Å²) < 4.78 is 25.7. The van der Waals surface area contributed by atoms with Crippen LogP contribution >= 0.6 is 0 Å². The van der Waals surface area contributed by atoms with Gasteiger partial charge in [0.2, 0.25) is 0 Å². The lowest BCUT2D eigenvalue weighted by Crippen LogP contribution is -2.14. The van der Waals surface area contributed by atoms with Gasteiger partial charge in [-0.2, -0.15) is 0 Å². The van der Waals surface area contributed by atoms with Crippen molar-refractivity contribution < 1.29 is 18.7 Å². The molecule has 0 saturated heterocycles. The van der Waals surface area contributed by atoms with E-state index in [2.05, 4.69) is 0 Å². The Morgan fingerprint density at radius 2 is 1.83 bits per heavy atom. The maximum absolute atomic E-state index is 12.8. The molecule has 0 heterocycles. The molecule has 4 heteroatoms. The van der Waals surface area contributed by atoms with E-state index in [1.165, 1.54) is 0 Å². The number of alkyl halides is 2. The van der Waals surface area contributed by atoms with Gasteiger partial charge in [0.1, 0.15) is 5.92 Å². The monoisotopic (exact) mass is 178 g/mol. The van der Waals surface area contributed by atoms with Gasteiger partial charge in [-0.1, -0.05) is 20.8 Å². The number of halogens is 2. The Labute approximate surface area is 69.6 Å². The molecule has 0 aromatic heterocycles. The molecular formula is C8H12F2O2. The first-order valence-corrected chi connectivity index (χ1v) is 3.79. The van der Waals surface area contributed by atoms with Crippen LogP contribution in [0.5, 0.6) is 0 Å². The molecule has 0 bridgehead atoms. The molecule has 0 radical (unpaired) electrons. The smallest absolute Gasteiger partial charge is 0.313 e. The van der Waals surface area contributed by atoms with Crippen LogP contribution in [0.2, 0.25) is 0 Å². The summed E-state index contributed by atoms with van der Waals surface area (Å²) in [6.45, 7) is 4.90. The van der Waals surface area contributed by atoms with Gasteiger partial charge in [0.05, 0.1) is 0 Å². The Morgan fingerprint density at radius 3 is 1.92 bits per heavy atom. The highest BCUT2D eigenvalue weighted by Gasteiger charge is 2.75. The SMILES string of the molecule is CC(C)(C)C1C(C(=O)O)C1(F)F. The quantitative estimate of drug-likeness (QED) is 0.666. The van der Waals surface area contributed by atoms with E-state index in [-0.39, 0.29) is 0 Å². The number of hydrogen-bond donors (Lipinski definition) is 1. The molecular weight excluding hydrogens is 166 g/mol. The molecule has 1 fully saturated rings. The number of carboxylic acids is 1. The van der Waals surface area contributed by atoms with Crippen LogP contribution in [0.1, 0.15) is 20.8 Å². The fourth-order valence-corrected chi connectivity index (χ4v) is 1.71. The molecule has 0 aromatic carbocycles. The summed E-state index contributed by atoms with van der Waals surface area (Å²) in [4.78, 5) is 10.4. The van der Waals surface area contributed by atoms with Crippen molar-refractivity contribution in [3.8, 4) is 0 Å². The molecule has 1 rings (SSSR count). The van der Waals surface area contributed by atoms with Crippen LogP contribution in [0.15, 0.2) is 0 Å². The Bertz CT molecular complexity index is 218. The normalized spacial score (nSPS) is 33.1. The highest BCUT2D eigenvalue weighted by atomic mass is 19.3. The summed E-state index contributed by atoms with van der Waals surface area (Å²) in [5.74, 6) is -6.88. The Balaban J connectivity index is 2.80. The lowest BCUT2D eigenvalue weighted by atomic mass is 9.88. The van der Waals surface area contributed by atoms with E-state index in [1.54, 1.807) is 20.8 Å². The first-order chi connectivity index (χ1) is 5.19. The van der Waals surface area contributed by atoms with Crippen molar-refractivity contribution in [3.63, 3.8) is 0 Å². The van der Waals surface area contributed by atoms with Crippen molar-refractivity contribution in [3.05, 3.63) is 0 Å². The van der Waals surface area contributed by atoms with E-state index < -0.39 is 29.1 Å². The van der Waals surface area contributed by atoms with Gasteiger partial charge in [-0.25, -0.2) is 8.78 Å². The van der Waals surface area contributed by atoms with Gasteiger partial charge in [-0.3, -0.25) is 4.79 Å². The summed E-state index contributed by atoms with van der Waals surface area (Å²) in [5.41, 5.74) is -0.632. The van der Waals surface area contributed by atoms with Crippen molar-refractivity contribution >= 4 is 5.97 Å². The molecule has 1 aliphatic rings. The molecule has 0 aliphatic heterocycles. The highest BCUT2D eigenvalue weighted by Crippen LogP contribution is 2.62. The second kappa shape index (κ2) is 2.18. The number of carboxylic acid groups (broad SMARTS) is 1. The van der Waals surface area contributed by atoms with E-state index >= 15 is 0 Å². The predicted octanol–water partition coefficient (Wildman–Crippen LogP) is 2.00. The van der Waals surface area contributed by atoms with E-state index in [0.29, 0.717) is 0 Å². The van der Waals surface area contributed by atoms with Crippen molar-refractivity contribution in [1.82, 2.24) is 0 Å². The fourth-order valence-electron chi connectivity index (χ4n) is 1.71. The van der Waals surface area contributed by atoms with Gasteiger partial charge in [-0.15, -0.1) is 0 Å². The van der Waals surface area contributed by atoms with E-state index in [9.17, 15) is 13.6 Å². The zero-order chi connectivity index (χ0) is 9.73. The standard InChI is InChI=1S/C8H12F2O2/c1-7(2,3)5-4(6(11)12)8(5,9)10/h4-5H,1-3H3,(H,11,12). The molecule has 70 valence electrons. The number of carbonyl (C=O) groups is 1. The molecule has 0 aromatic rings. The number of rotatable bonds is 1. The van der Waals surface area contributed by atoms with Crippen LogP contribution in [-0.4, -0.2) is 17.0 Å². The third-order valence-corrected chi connectivity index (χ3v) is 2.25. The summed E-state index contributed by atoms with van der Waals surface area (Å²) in [5, 5.41) is 8.44. The van der Waals surface area contributed by atoms with Crippen molar-refractivity contribution in [2.75, 3.05) is 0 Å². The minimum atomic E-state index is -3.01. The Morgan fingerprint density at radius 1 is 1.42 bits per heavy atom. The van der Waals surface area contributed by atoms with Crippen LogP contribution in [-0.2, 0) is 4.79 Å². The molecule has 2 nitrogen and oxygen atoms in total. The van der Waals surface area contributed by atoms with Gasteiger partial charge in [0.25, 0.3) is 5.92 Å². The summed E-state index contributed by atoms with van der Waals surface area (Å²) in [6.07, 6.45) is 0. The molecule has 12 heavy (non-hydrogen) atoms. The van der Waals surface area contributed by atoms with Crippen LogP contribution in [0.25, 0.3) is 0 Å². The largest absolute Gasteiger partial charge is 0.481 e. The first-order valence-electron chi connectivity index (χ1n) is 3.79. The molecule has 0 spiro atoms. The van der Waals surface area contributed by atoms with Crippen LogP contribution in [0.3, 0.4) is 0 Å². The maximum atomic E-state index is 12.8. The van der Waals surface area contributed by atoms with Gasteiger partial charge in [-0.05, 0) is 5.41 Å². The predicted molar refractivity (Wildman–Crippen MR) is 39.0 cm³/mol. The molecule has 2 atom stereocenters. The van der Waals surface area contributed by atoms with E-state index in [0.717, 1.165) is 0 Å². The summed E-state index contributed by atoms with van der Waals surface area (Å²) >= 11 is 0. The van der Waals surface area contributed by atoms with Gasteiger partial charge in [0.15, 0.2) is 0 Å². The maximum Gasteiger partial charge on any atom is 0.313 e. The third-order valence-electron chi connectivity index (χ3n) is 2.25. The Hall–Kier alpha value is -0.670. The topological polar surface area (TPSA) is 37.3 Å². The highest BCUT2D eigenvalue weighted by molar-refractivity contribution is 5.76. The minimum absolute atomic E-state index is 0.632.